The highest BCUT2D eigenvalue weighted by Gasteiger charge is 2.51. The third kappa shape index (κ3) is 6.13. The Morgan fingerprint density at radius 3 is 1.51 bits per heavy atom. The molecule has 11 rings (SSSR count). The van der Waals surface area contributed by atoms with Gasteiger partial charge in [0.1, 0.15) is 35.9 Å². The molecule has 0 radical (unpaired) electrons. The van der Waals surface area contributed by atoms with Gasteiger partial charge >= 0.3 is 0 Å². The Balaban J connectivity index is 1.33. The minimum atomic E-state index is -2.26. The van der Waals surface area contributed by atoms with E-state index in [4.69, 9.17) is 19.9 Å². The second kappa shape index (κ2) is 14.8. The van der Waals surface area contributed by atoms with Gasteiger partial charge in [0.15, 0.2) is 0 Å². The van der Waals surface area contributed by atoms with E-state index in [0.29, 0.717) is 11.3 Å². The van der Waals surface area contributed by atoms with Crippen LogP contribution in [0, 0.1) is 0 Å². The Labute approximate surface area is 346 Å². The van der Waals surface area contributed by atoms with Crippen molar-refractivity contribution in [1.82, 2.24) is 39.9 Å². The number of nitrogens with zero attached hydrogens (tertiary/aromatic N) is 10. The van der Waals surface area contributed by atoms with Crippen LogP contribution in [0.3, 0.4) is 0 Å². The van der Waals surface area contributed by atoms with Crippen molar-refractivity contribution in [3.63, 3.8) is 0 Å². The number of fused-ring (bicyclic) bond motifs is 8. The smallest absolute Gasteiger partial charge is 0.125 e. The molecule has 1 aliphatic heterocycles. The lowest BCUT2D eigenvalue weighted by atomic mass is 10.0. The molecular weight excluding hydrogens is 767 g/mol. The summed E-state index contributed by atoms with van der Waals surface area (Å²) in [5.41, 5.74) is 9.65. The van der Waals surface area contributed by atoms with E-state index in [1.807, 2.05) is 24.8 Å². The zero-order chi connectivity index (χ0) is 39.7. The summed E-state index contributed by atoms with van der Waals surface area (Å²) in [6, 6.07) is 19.1. The molecule has 5 heterocycles. The summed E-state index contributed by atoms with van der Waals surface area (Å²) in [5.74, 6) is 0. The van der Waals surface area contributed by atoms with Crippen LogP contribution >= 0.6 is 15.2 Å². The Morgan fingerprint density at radius 1 is 0.475 bits per heavy atom. The van der Waals surface area contributed by atoms with Crippen molar-refractivity contribution in [2.24, 2.45) is 0 Å². The van der Waals surface area contributed by atoms with Crippen molar-refractivity contribution in [2.45, 2.75) is 75.5 Å². The van der Waals surface area contributed by atoms with Crippen LogP contribution in [0.25, 0.3) is 43.6 Å². The molecule has 294 valence electrons. The minimum Gasteiger partial charge on any atom is -0.341 e. The highest BCUT2D eigenvalue weighted by molar-refractivity contribution is 7.90. The molecule has 2 atom stereocenters. The molecule has 2 saturated carbocycles. The van der Waals surface area contributed by atoms with Crippen LogP contribution in [0.1, 0.15) is 64.2 Å². The van der Waals surface area contributed by atoms with E-state index in [-0.39, 0.29) is 0 Å². The largest absolute Gasteiger partial charge is 0.341 e. The van der Waals surface area contributed by atoms with Gasteiger partial charge in [-0.05, 0) is 94.6 Å². The maximum Gasteiger partial charge on any atom is 0.125 e. The van der Waals surface area contributed by atoms with E-state index < -0.39 is 15.2 Å². The molecule has 10 nitrogen and oxygen atoms in total. The van der Waals surface area contributed by atoms with Crippen molar-refractivity contribution in [2.75, 3.05) is 30.6 Å². The fraction of sp³-hybridized carbons (Fsp3) is 0.319. The molecule has 59 heavy (non-hydrogen) atoms. The average molecular weight is 814 g/mol. The molecule has 0 spiro atoms. The summed E-state index contributed by atoms with van der Waals surface area (Å²) in [5, 5.41) is 9.71. The zero-order valence-electron chi connectivity index (χ0n) is 33.8. The Morgan fingerprint density at radius 2 is 0.898 bits per heavy atom. The first-order valence-corrected chi connectivity index (χ1v) is 24.8. The van der Waals surface area contributed by atoms with Gasteiger partial charge in [0, 0.05) is 82.8 Å². The van der Waals surface area contributed by atoms with Crippen LogP contribution in [0.4, 0.5) is 22.7 Å². The topological polar surface area (TPSA) is 110 Å². The van der Waals surface area contributed by atoms with Gasteiger partial charge in [-0.1, -0.05) is 25.7 Å². The fourth-order valence-electron chi connectivity index (χ4n) is 10.5. The van der Waals surface area contributed by atoms with Crippen molar-refractivity contribution >= 4 is 103 Å². The third-order valence-electron chi connectivity index (χ3n) is 13.6. The summed E-state index contributed by atoms with van der Waals surface area (Å²) in [4.78, 5) is 42.8. The van der Waals surface area contributed by atoms with Gasteiger partial charge in [-0.15, -0.1) is 0 Å². The maximum absolute atomic E-state index is 4.92. The van der Waals surface area contributed by atoms with E-state index in [0.717, 1.165) is 43.6 Å². The average Bonchev–Trinajstić information content (AvgIpc) is 3.30. The highest BCUT2D eigenvalue weighted by Crippen LogP contribution is 2.65. The highest BCUT2D eigenvalue weighted by atomic mass is 31.2. The Hall–Kier alpha value is -5.30. The lowest BCUT2D eigenvalue weighted by molar-refractivity contribution is 0.511. The van der Waals surface area contributed by atoms with Gasteiger partial charge in [-0.2, -0.15) is 0 Å². The standard InChI is InChI=1S/C47H47N10P2/c1-56-40-14-30-22-48-28-54-38(30)20-45(40)58(34-10-6-4-7-11-34)44-16-32-24-50-26-52-36(32)18-41(44)57(2)43-19-37-33(25-51-27-53-37)17-46(43)59(3,35-12-8-5-9-13-35)47-21-39-31(15-42(47)56)23-49-29-55-39/h14-29,34-35H,4-13H2,1-3H3/q+1. The van der Waals surface area contributed by atoms with Crippen LogP contribution in [0.15, 0.2) is 98.6 Å². The number of rotatable bonds is 2. The first-order valence-electron chi connectivity index (χ1n) is 21.0. The quantitative estimate of drug-likeness (QED) is 0.157. The Kier molecular flexibility index (Phi) is 9.19. The lowest BCUT2D eigenvalue weighted by Crippen LogP contribution is -2.39. The molecule has 3 aliphatic rings. The molecule has 0 bridgehead atoms. The summed E-state index contributed by atoms with van der Waals surface area (Å²) in [6.45, 7) is 2.62. The number of hydrogen-bond acceptors (Lipinski definition) is 10. The zero-order valence-corrected chi connectivity index (χ0v) is 35.6. The van der Waals surface area contributed by atoms with Crippen molar-refractivity contribution in [1.29, 1.82) is 0 Å². The molecule has 0 N–H and O–H groups in total. The van der Waals surface area contributed by atoms with Crippen molar-refractivity contribution < 1.29 is 0 Å². The second-order valence-electron chi connectivity index (χ2n) is 16.8. The first kappa shape index (κ1) is 36.8. The molecule has 2 aliphatic carbocycles. The normalized spacial score (nSPS) is 20.5. The molecule has 4 aromatic carbocycles. The predicted octanol–water partition coefficient (Wildman–Crippen LogP) is 9.00. The van der Waals surface area contributed by atoms with Crippen LogP contribution in [-0.2, 0) is 0 Å². The molecule has 0 amide bonds. The number of benzene rings is 4. The van der Waals surface area contributed by atoms with Gasteiger partial charge in [-0.3, -0.25) is 0 Å². The summed E-state index contributed by atoms with van der Waals surface area (Å²) in [6.07, 6.45) is 26.9. The fourth-order valence-corrected chi connectivity index (χ4v) is 18.5. The number of aromatic nitrogens is 8. The molecule has 8 aromatic rings. The lowest BCUT2D eigenvalue weighted by Gasteiger charge is -2.41. The van der Waals surface area contributed by atoms with Crippen LogP contribution in [0.2, 0.25) is 0 Å². The second-order valence-corrected chi connectivity index (χ2v) is 23.1. The van der Waals surface area contributed by atoms with E-state index in [1.54, 1.807) is 25.3 Å². The maximum atomic E-state index is 4.92. The third-order valence-corrected chi connectivity index (χ3v) is 21.3. The molecule has 12 heteroatoms. The SMILES string of the molecule is CN1c2cc3ncncc3cc2P(C2CCCCC2)c2cc3ncncc3cc2N(C)c2cc3cncnc3cc2[P+](C)(C2CCCCC2)c2cc3cncnc3cc21. The van der Waals surface area contributed by atoms with E-state index in [1.165, 1.54) is 108 Å². The minimum absolute atomic E-state index is 0.479. The van der Waals surface area contributed by atoms with E-state index >= 15 is 0 Å². The molecule has 0 saturated heterocycles. The van der Waals surface area contributed by atoms with Crippen LogP contribution in [-0.4, -0.2) is 71.9 Å². The van der Waals surface area contributed by atoms with Gasteiger partial charge in [0.2, 0.25) is 0 Å². The van der Waals surface area contributed by atoms with Crippen molar-refractivity contribution in [3.8, 4) is 0 Å². The van der Waals surface area contributed by atoms with E-state index in [2.05, 4.69) is 99.0 Å². The van der Waals surface area contributed by atoms with Crippen LogP contribution < -0.4 is 31.0 Å². The van der Waals surface area contributed by atoms with Crippen LogP contribution in [0.5, 0.6) is 0 Å². The number of anilines is 4. The van der Waals surface area contributed by atoms with Crippen molar-refractivity contribution in [3.05, 3.63) is 98.6 Å². The molecule has 2 unspecified atom stereocenters. The predicted molar refractivity (Wildman–Crippen MR) is 246 cm³/mol. The first-order chi connectivity index (χ1) is 29.0. The molecular formula is C47H47N10P2+. The Bertz CT molecular complexity index is 2730. The van der Waals surface area contributed by atoms with Gasteiger partial charge in [0.25, 0.3) is 0 Å². The summed E-state index contributed by atoms with van der Waals surface area (Å²) < 4.78 is 0. The summed E-state index contributed by atoms with van der Waals surface area (Å²) >= 11 is 0. The van der Waals surface area contributed by atoms with Gasteiger partial charge in [-0.25, -0.2) is 39.9 Å². The monoisotopic (exact) mass is 813 g/mol. The summed E-state index contributed by atoms with van der Waals surface area (Å²) in [7, 11) is 1.39. The van der Waals surface area contributed by atoms with E-state index in [9.17, 15) is 0 Å². The molecule has 4 aromatic heterocycles. The van der Waals surface area contributed by atoms with Gasteiger partial charge in [0.05, 0.1) is 58.7 Å². The number of hydrogen-bond donors (Lipinski definition) is 0. The molecule has 2 fully saturated rings. The van der Waals surface area contributed by atoms with Gasteiger partial charge < -0.3 is 9.80 Å².